The van der Waals surface area contributed by atoms with Crippen LogP contribution >= 0.6 is 0 Å². The van der Waals surface area contributed by atoms with E-state index in [0.29, 0.717) is 29.2 Å². The van der Waals surface area contributed by atoms with E-state index in [1.165, 1.54) is 0 Å². The summed E-state index contributed by atoms with van der Waals surface area (Å²) in [6.07, 6.45) is 3.13. The molecule has 0 aliphatic rings. The largest absolute Gasteiger partial charge is 0.495 e. The Morgan fingerprint density at radius 1 is 0.964 bits per heavy atom. The van der Waals surface area contributed by atoms with E-state index in [0.717, 1.165) is 5.56 Å². The number of ether oxygens (including phenoxy) is 1. The number of para-hydroxylation sites is 2. The van der Waals surface area contributed by atoms with Crippen LogP contribution in [0.3, 0.4) is 0 Å². The summed E-state index contributed by atoms with van der Waals surface area (Å²) in [5, 5.41) is 8.36. The average molecular weight is 376 g/mol. The molecule has 3 aromatic rings. The van der Waals surface area contributed by atoms with Gasteiger partial charge in [-0.3, -0.25) is 9.78 Å². The summed E-state index contributed by atoms with van der Waals surface area (Å²) in [6, 6.07) is 17.4. The molecule has 0 atom stereocenters. The smallest absolute Gasteiger partial charge is 0.319 e. The maximum Gasteiger partial charge on any atom is 0.319 e. The normalized spacial score (nSPS) is 10.0. The molecule has 1 aromatic heterocycles. The Balaban J connectivity index is 1.57. The van der Waals surface area contributed by atoms with Crippen molar-refractivity contribution >= 4 is 23.3 Å². The number of nitrogens with one attached hydrogen (secondary N) is 3. The number of urea groups is 1. The van der Waals surface area contributed by atoms with Crippen molar-refractivity contribution in [3.63, 3.8) is 0 Å². The Hall–Kier alpha value is -3.87. The molecule has 0 spiro atoms. The molecule has 28 heavy (non-hydrogen) atoms. The Morgan fingerprint density at radius 2 is 1.75 bits per heavy atom. The molecule has 3 amide bonds. The maximum absolute atomic E-state index is 12.2. The van der Waals surface area contributed by atoms with E-state index >= 15 is 0 Å². The summed E-state index contributed by atoms with van der Waals surface area (Å²) < 4.78 is 5.21. The molecule has 7 heteroatoms. The van der Waals surface area contributed by atoms with Gasteiger partial charge in [0.1, 0.15) is 5.75 Å². The Kier molecular flexibility index (Phi) is 6.20. The van der Waals surface area contributed by atoms with Gasteiger partial charge >= 0.3 is 6.03 Å². The van der Waals surface area contributed by atoms with Gasteiger partial charge in [-0.05, 0) is 42.0 Å². The van der Waals surface area contributed by atoms with Crippen molar-refractivity contribution in [1.82, 2.24) is 10.3 Å². The zero-order valence-electron chi connectivity index (χ0n) is 15.3. The molecule has 142 valence electrons. The van der Waals surface area contributed by atoms with Crippen molar-refractivity contribution in [1.29, 1.82) is 0 Å². The molecular formula is C21H20N4O3. The van der Waals surface area contributed by atoms with E-state index in [1.54, 1.807) is 49.8 Å². The molecule has 3 rings (SSSR count). The van der Waals surface area contributed by atoms with Gasteiger partial charge in [-0.1, -0.05) is 24.3 Å². The van der Waals surface area contributed by atoms with Crippen molar-refractivity contribution in [3.05, 3.63) is 84.2 Å². The molecule has 3 N–H and O–H groups in total. The zero-order chi connectivity index (χ0) is 19.8. The van der Waals surface area contributed by atoms with Crippen LogP contribution in [0.4, 0.5) is 16.2 Å². The molecule has 0 fully saturated rings. The molecule has 7 nitrogen and oxygen atoms in total. The molecule has 0 radical (unpaired) electrons. The topological polar surface area (TPSA) is 92.4 Å². The first-order valence-corrected chi connectivity index (χ1v) is 8.64. The fraction of sp³-hybridized carbons (Fsp3) is 0.0952. The minimum atomic E-state index is -0.351. The van der Waals surface area contributed by atoms with Crippen LogP contribution in [0.15, 0.2) is 73.1 Å². The van der Waals surface area contributed by atoms with Crippen LogP contribution < -0.4 is 20.7 Å². The van der Waals surface area contributed by atoms with Crippen molar-refractivity contribution in [2.45, 2.75) is 6.54 Å². The monoisotopic (exact) mass is 376 g/mol. The third-order valence-electron chi connectivity index (χ3n) is 3.94. The SMILES string of the molecule is COc1ccccc1NC(=O)NCc1cccc(NC(=O)c2ccncc2)c1. The molecule has 0 saturated carbocycles. The van der Waals surface area contributed by atoms with Gasteiger partial charge in [-0.15, -0.1) is 0 Å². The van der Waals surface area contributed by atoms with E-state index < -0.39 is 0 Å². The number of carbonyl (C=O) groups is 2. The lowest BCUT2D eigenvalue weighted by Gasteiger charge is -2.11. The van der Waals surface area contributed by atoms with Crippen LogP contribution in [-0.2, 0) is 6.54 Å². The van der Waals surface area contributed by atoms with Crippen LogP contribution in [0.2, 0.25) is 0 Å². The van der Waals surface area contributed by atoms with Crippen molar-refractivity contribution in [2.75, 3.05) is 17.7 Å². The number of nitrogens with zero attached hydrogens (tertiary/aromatic N) is 1. The van der Waals surface area contributed by atoms with Gasteiger partial charge in [-0.25, -0.2) is 4.79 Å². The number of benzene rings is 2. The van der Waals surface area contributed by atoms with Crippen molar-refractivity contribution in [3.8, 4) is 5.75 Å². The summed E-state index contributed by atoms with van der Waals surface area (Å²) in [5.74, 6) is 0.361. The molecule has 0 saturated heterocycles. The van der Waals surface area contributed by atoms with Gasteiger partial charge in [-0.2, -0.15) is 0 Å². The first kappa shape index (κ1) is 18.9. The summed E-state index contributed by atoms with van der Waals surface area (Å²) in [5.41, 5.74) is 2.60. The average Bonchev–Trinajstić information content (AvgIpc) is 2.73. The second kappa shape index (κ2) is 9.18. The molecule has 0 unspecified atom stereocenters. The number of carbonyl (C=O) groups excluding carboxylic acids is 2. The number of anilines is 2. The highest BCUT2D eigenvalue weighted by molar-refractivity contribution is 6.04. The highest BCUT2D eigenvalue weighted by Crippen LogP contribution is 2.22. The highest BCUT2D eigenvalue weighted by atomic mass is 16.5. The predicted octanol–water partition coefficient (Wildman–Crippen LogP) is 3.66. The summed E-state index contributed by atoms with van der Waals surface area (Å²) in [4.78, 5) is 28.3. The van der Waals surface area contributed by atoms with Crippen LogP contribution in [-0.4, -0.2) is 24.0 Å². The zero-order valence-corrected chi connectivity index (χ0v) is 15.3. The number of hydrogen-bond donors (Lipinski definition) is 3. The predicted molar refractivity (Wildman–Crippen MR) is 107 cm³/mol. The molecular weight excluding hydrogens is 356 g/mol. The van der Waals surface area contributed by atoms with E-state index in [1.807, 2.05) is 30.3 Å². The van der Waals surface area contributed by atoms with Gasteiger partial charge in [0.25, 0.3) is 5.91 Å². The van der Waals surface area contributed by atoms with E-state index in [2.05, 4.69) is 20.9 Å². The molecule has 2 aromatic carbocycles. The first-order chi connectivity index (χ1) is 13.7. The summed E-state index contributed by atoms with van der Waals surface area (Å²) in [7, 11) is 1.55. The molecule has 1 heterocycles. The number of hydrogen-bond acceptors (Lipinski definition) is 4. The van der Waals surface area contributed by atoms with Gasteiger partial charge in [0.15, 0.2) is 0 Å². The van der Waals surface area contributed by atoms with Crippen LogP contribution in [0.1, 0.15) is 15.9 Å². The molecule has 0 aliphatic heterocycles. The number of pyridine rings is 1. The quantitative estimate of drug-likeness (QED) is 0.612. The second-order valence-electron chi connectivity index (χ2n) is 5.90. The van der Waals surface area contributed by atoms with Crippen molar-refractivity contribution in [2.24, 2.45) is 0 Å². The van der Waals surface area contributed by atoms with Gasteiger partial charge in [0.05, 0.1) is 12.8 Å². The van der Waals surface area contributed by atoms with Crippen LogP contribution in [0, 0.1) is 0 Å². The van der Waals surface area contributed by atoms with E-state index in [4.69, 9.17) is 4.74 Å². The van der Waals surface area contributed by atoms with E-state index in [-0.39, 0.29) is 11.9 Å². The Labute approximate surface area is 162 Å². The molecule has 0 aliphatic carbocycles. The lowest BCUT2D eigenvalue weighted by atomic mass is 10.2. The third-order valence-corrected chi connectivity index (χ3v) is 3.94. The molecule has 0 bridgehead atoms. The highest BCUT2D eigenvalue weighted by Gasteiger charge is 2.08. The fourth-order valence-corrected chi connectivity index (χ4v) is 2.56. The number of amides is 3. The third kappa shape index (κ3) is 5.07. The Morgan fingerprint density at radius 3 is 2.54 bits per heavy atom. The first-order valence-electron chi connectivity index (χ1n) is 8.64. The standard InChI is InChI=1S/C21H20N4O3/c1-28-19-8-3-2-7-18(19)25-21(27)23-14-15-5-4-6-17(13-15)24-20(26)16-9-11-22-12-10-16/h2-13H,14H2,1H3,(H,24,26)(H2,23,25,27). The lowest BCUT2D eigenvalue weighted by molar-refractivity contribution is 0.102. The van der Waals surface area contributed by atoms with Gasteiger partial charge < -0.3 is 20.7 Å². The number of aromatic nitrogens is 1. The minimum Gasteiger partial charge on any atom is -0.495 e. The minimum absolute atomic E-state index is 0.221. The summed E-state index contributed by atoms with van der Waals surface area (Å²) in [6.45, 7) is 0.306. The Bertz CT molecular complexity index is 961. The fourth-order valence-electron chi connectivity index (χ4n) is 2.56. The second-order valence-corrected chi connectivity index (χ2v) is 5.90. The maximum atomic E-state index is 12.2. The number of methoxy groups -OCH3 is 1. The van der Waals surface area contributed by atoms with Crippen LogP contribution in [0.25, 0.3) is 0 Å². The number of rotatable bonds is 6. The van der Waals surface area contributed by atoms with Gasteiger partial charge in [0.2, 0.25) is 0 Å². The van der Waals surface area contributed by atoms with Gasteiger partial charge in [0, 0.05) is 30.2 Å². The van der Waals surface area contributed by atoms with E-state index in [9.17, 15) is 9.59 Å². The summed E-state index contributed by atoms with van der Waals surface area (Å²) >= 11 is 0. The lowest BCUT2D eigenvalue weighted by Crippen LogP contribution is -2.28. The van der Waals surface area contributed by atoms with Crippen LogP contribution in [0.5, 0.6) is 5.75 Å². The van der Waals surface area contributed by atoms with Crippen molar-refractivity contribution < 1.29 is 14.3 Å².